The molecule has 1 aromatic heterocycles. The monoisotopic (exact) mass is 612 g/mol. The molecule has 0 aliphatic carbocycles. The third-order valence-corrected chi connectivity index (χ3v) is 8.92. The van der Waals surface area contributed by atoms with E-state index in [0.29, 0.717) is 44.0 Å². The molecule has 45 heavy (non-hydrogen) atoms. The summed E-state index contributed by atoms with van der Waals surface area (Å²) < 4.78 is 12.2. The molecule has 2 amide bonds. The molecule has 2 aromatic carbocycles. The Bertz CT molecular complexity index is 1520. The lowest BCUT2D eigenvalue weighted by molar-refractivity contribution is -0.123. The molecule has 3 aliphatic heterocycles. The summed E-state index contributed by atoms with van der Waals surface area (Å²) in [6.07, 6.45) is 3.81. The Morgan fingerprint density at radius 2 is 1.91 bits per heavy atom. The summed E-state index contributed by atoms with van der Waals surface area (Å²) >= 11 is 0. The molecule has 0 radical (unpaired) electrons. The summed E-state index contributed by atoms with van der Waals surface area (Å²) in [6.45, 7) is 8.34. The normalized spacial score (nSPS) is 22.1. The van der Waals surface area contributed by atoms with Crippen LogP contribution in [0, 0.1) is 5.41 Å². The average molecular weight is 613 g/mol. The van der Waals surface area contributed by atoms with Crippen LogP contribution in [0.3, 0.4) is 0 Å². The lowest BCUT2D eigenvalue weighted by Crippen LogP contribution is -2.52. The highest BCUT2D eigenvalue weighted by atomic mass is 16.6. The standard InChI is InChI=1S/C36H44N4O5/c1-35(2,3)17-25-15-28-30(18-36(13-14-44-23-36)45-33(28)38-19-25)37-20-31(41)29(16-24-9-5-4-6-10-24)39-32(42)22-40-21-26-11-7-8-12-27(26)34(40)43/h4-12,15,19,29-31,37,41H,13-14,16-18,20-23H2,1-3H3,(H,39,42)/t29-,30-,31+,36?/m0/s1. The van der Waals surface area contributed by atoms with Gasteiger partial charge in [0.05, 0.1) is 25.4 Å². The van der Waals surface area contributed by atoms with E-state index in [1.54, 1.807) is 11.0 Å². The van der Waals surface area contributed by atoms with Crippen LogP contribution < -0.4 is 15.4 Å². The second-order valence-corrected chi connectivity index (χ2v) is 14.0. The van der Waals surface area contributed by atoms with Crippen LogP contribution in [0.4, 0.5) is 0 Å². The number of ether oxygens (including phenoxy) is 2. The molecule has 1 unspecified atom stereocenters. The Hall–Kier alpha value is -3.79. The Labute approximate surface area is 265 Å². The van der Waals surface area contributed by atoms with Crippen molar-refractivity contribution in [1.82, 2.24) is 20.5 Å². The first-order chi connectivity index (χ1) is 21.6. The minimum atomic E-state index is -0.895. The summed E-state index contributed by atoms with van der Waals surface area (Å²) in [6, 6.07) is 18.8. The number of hydrogen-bond acceptors (Lipinski definition) is 7. The van der Waals surface area contributed by atoms with Crippen molar-refractivity contribution in [3.05, 3.63) is 94.7 Å². The molecule has 9 heteroatoms. The summed E-state index contributed by atoms with van der Waals surface area (Å²) in [4.78, 5) is 32.5. The minimum absolute atomic E-state index is 0.0724. The molecule has 4 atom stereocenters. The number of amides is 2. The summed E-state index contributed by atoms with van der Waals surface area (Å²) in [7, 11) is 0. The molecule has 238 valence electrons. The predicted octanol–water partition coefficient (Wildman–Crippen LogP) is 3.99. The van der Waals surface area contributed by atoms with Crippen molar-refractivity contribution < 1.29 is 24.2 Å². The number of fused-ring (bicyclic) bond motifs is 2. The van der Waals surface area contributed by atoms with Crippen LogP contribution in [0.1, 0.15) is 72.3 Å². The molecule has 4 heterocycles. The van der Waals surface area contributed by atoms with Crippen LogP contribution >= 0.6 is 0 Å². The molecular formula is C36H44N4O5. The number of nitrogens with one attached hydrogen (secondary N) is 2. The fraction of sp³-hybridized carbons (Fsp3) is 0.472. The van der Waals surface area contributed by atoms with E-state index >= 15 is 0 Å². The van der Waals surface area contributed by atoms with Gasteiger partial charge in [-0.2, -0.15) is 0 Å². The van der Waals surface area contributed by atoms with Gasteiger partial charge >= 0.3 is 0 Å². The number of rotatable bonds is 10. The van der Waals surface area contributed by atoms with E-state index in [4.69, 9.17) is 14.5 Å². The van der Waals surface area contributed by atoms with Crippen molar-refractivity contribution in [2.45, 2.75) is 76.8 Å². The number of hydrogen-bond donors (Lipinski definition) is 3. The summed E-state index contributed by atoms with van der Waals surface area (Å²) in [5.74, 6) is 0.164. The number of nitrogens with zero attached hydrogens (tertiary/aromatic N) is 2. The van der Waals surface area contributed by atoms with Crippen molar-refractivity contribution in [2.75, 3.05) is 26.3 Å². The third-order valence-electron chi connectivity index (χ3n) is 8.92. The third kappa shape index (κ3) is 7.38. The van der Waals surface area contributed by atoms with Gasteiger partial charge in [-0.15, -0.1) is 0 Å². The maximum Gasteiger partial charge on any atom is 0.254 e. The van der Waals surface area contributed by atoms with E-state index in [1.165, 1.54) is 0 Å². The van der Waals surface area contributed by atoms with Gasteiger partial charge < -0.3 is 30.1 Å². The van der Waals surface area contributed by atoms with Crippen LogP contribution in [-0.4, -0.2) is 70.9 Å². The largest absolute Gasteiger partial charge is 0.468 e. The summed E-state index contributed by atoms with van der Waals surface area (Å²) in [5, 5.41) is 18.2. The Morgan fingerprint density at radius 1 is 1.13 bits per heavy atom. The van der Waals surface area contributed by atoms with E-state index < -0.39 is 17.7 Å². The van der Waals surface area contributed by atoms with Gasteiger partial charge in [0.25, 0.3) is 5.91 Å². The van der Waals surface area contributed by atoms with Gasteiger partial charge in [0.2, 0.25) is 11.8 Å². The quantitative estimate of drug-likeness (QED) is 0.318. The maximum absolute atomic E-state index is 13.3. The molecule has 9 nitrogen and oxygen atoms in total. The van der Waals surface area contributed by atoms with E-state index in [-0.39, 0.29) is 36.4 Å². The van der Waals surface area contributed by atoms with E-state index in [0.717, 1.165) is 35.1 Å². The van der Waals surface area contributed by atoms with Crippen LogP contribution in [0.25, 0.3) is 0 Å². The van der Waals surface area contributed by atoms with Gasteiger partial charge in [-0.1, -0.05) is 69.3 Å². The predicted molar refractivity (Wildman–Crippen MR) is 171 cm³/mol. The SMILES string of the molecule is CC(C)(C)Cc1cnc2c(c1)[C@@H](NC[C@@H](O)[C@H](Cc1ccccc1)NC(=O)CN1Cc3ccccc3C1=O)CC1(CCOC1)O2. The van der Waals surface area contributed by atoms with Crippen LogP contribution in [0.15, 0.2) is 66.9 Å². The van der Waals surface area contributed by atoms with Crippen molar-refractivity contribution in [1.29, 1.82) is 0 Å². The van der Waals surface area contributed by atoms with Gasteiger partial charge in [-0.05, 0) is 47.1 Å². The van der Waals surface area contributed by atoms with E-state index in [9.17, 15) is 14.7 Å². The molecular weight excluding hydrogens is 568 g/mol. The molecule has 3 N–H and O–H groups in total. The highest BCUT2D eigenvalue weighted by Crippen LogP contribution is 2.43. The second kappa shape index (κ2) is 12.9. The van der Waals surface area contributed by atoms with E-state index in [1.807, 2.05) is 54.7 Å². The lowest BCUT2D eigenvalue weighted by Gasteiger charge is -2.39. The lowest BCUT2D eigenvalue weighted by atomic mass is 9.85. The highest BCUT2D eigenvalue weighted by molar-refractivity contribution is 6.00. The second-order valence-electron chi connectivity index (χ2n) is 14.0. The Kier molecular flexibility index (Phi) is 8.95. The summed E-state index contributed by atoms with van der Waals surface area (Å²) in [5.41, 5.74) is 4.34. The van der Waals surface area contributed by atoms with Gasteiger partial charge in [-0.25, -0.2) is 4.98 Å². The Morgan fingerprint density at radius 3 is 2.64 bits per heavy atom. The molecule has 3 aliphatic rings. The zero-order chi connectivity index (χ0) is 31.6. The van der Waals surface area contributed by atoms with Gasteiger partial charge in [-0.3, -0.25) is 9.59 Å². The smallest absolute Gasteiger partial charge is 0.254 e. The molecule has 3 aromatic rings. The molecule has 1 spiro atoms. The van der Waals surface area contributed by atoms with Crippen molar-refractivity contribution in [2.24, 2.45) is 5.41 Å². The molecule has 1 fully saturated rings. The molecule has 1 saturated heterocycles. The first kappa shape index (κ1) is 31.2. The topological polar surface area (TPSA) is 113 Å². The van der Waals surface area contributed by atoms with Gasteiger partial charge in [0.15, 0.2) is 0 Å². The minimum Gasteiger partial charge on any atom is -0.468 e. The number of aromatic nitrogens is 1. The van der Waals surface area contributed by atoms with Crippen molar-refractivity contribution in [3.8, 4) is 5.88 Å². The number of carbonyl (C=O) groups excluding carboxylic acids is 2. The zero-order valence-electron chi connectivity index (χ0n) is 26.4. The Balaban J connectivity index is 1.17. The maximum atomic E-state index is 13.3. The molecule has 0 bridgehead atoms. The van der Waals surface area contributed by atoms with Crippen molar-refractivity contribution >= 4 is 11.8 Å². The van der Waals surface area contributed by atoms with Crippen molar-refractivity contribution in [3.63, 3.8) is 0 Å². The number of aliphatic hydroxyl groups excluding tert-OH is 1. The number of carbonyl (C=O) groups is 2. The molecule has 0 saturated carbocycles. The number of aliphatic hydroxyl groups is 1. The van der Waals surface area contributed by atoms with Crippen LogP contribution in [0.2, 0.25) is 0 Å². The van der Waals surface area contributed by atoms with Crippen LogP contribution in [-0.2, 0) is 28.9 Å². The first-order valence-electron chi connectivity index (χ1n) is 16.0. The van der Waals surface area contributed by atoms with Gasteiger partial charge in [0.1, 0.15) is 12.1 Å². The first-order valence-corrected chi connectivity index (χ1v) is 16.0. The number of benzene rings is 2. The zero-order valence-corrected chi connectivity index (χ0v) is 26.4. The van der Waals surface area contributed by atoms with Crippen LogP contribution in [0.5, 0.6) is 5.88 Å². The van der Waals surface area contributed by atoms with Gasteiger partial charge in [0, 0.05) is 49.3 Å². The average Bonchev–Trinajstić information content (AvgIpc) is 3.58. The fourth-order valence-electron chi connectivity index (χ4n) is 6.72. The molecule has 6 rings (SSSR count). The van der Waals surface area contributed by atoms with E-state index in [2.05, 4.69) is 37.5 Å². The highest BCUT2D eigenvalue weighted by Gasteiger charge is 2.45. The fourth-order valence-corrected chi connectivity index (χ4v) is 6.72. The number of pyridine rings is 1.